The number of nitrogens with zero attached hydrogens (tertiary/aromatic N) is 1. The van der Waals surface area contributed by atoms with Gasteiger partial charge in [-0.2, -0.15) is 0 Å². The summed E-state index contributed by atoms with van der Waals surface area (Å²) in [6, 6.07) is 16.5. The summed E-state index contributed by atoms with van der Waals surface area (Å²) in [5.74, 6) is 2.87. The molecule has 0 saturated heterocycles. The van der Waals surface area contributed by atoms with Crippen LogP contribution in [-0.2, 0) is 31.3 Å². The predicted octanol–water partition coefficient (Wildman–Crippen LogP) is 11.4. The van der Waals surface area contributed by atoms with E-state index in [-0.39, 0.29) is 37.2 Å². The number of rotatable bonds is 9. The number of benzene rings is 3. The van der Waals surface area contributed by atoms with Crippen LogP contribution in [0.1, 0.15) is 97.8 Å². The van der Waals surface area contributed by atoms with Crippen LogP contribution in [0.4, 0.5) is 0 Å². The third-order valence-corrected chi connectivity index (χ3v) is 9.67. The van der Waals surface area contributed by atoms with Crippen LogP contribution in [0.15, 0.2) is 53.9 Å². The van der Waals surface area contributed by atoms with Crippen LogP contribution in [0.2, 0.25) is 0 Å². The topological polar surface area (TPSA) is 59.4 Å². The second-order valence-corrected chi connectivity index (χ2v) is 13.1. The second kappa shape index (κ2) is 15.1. The minimum absolute atomic E-state index is 0. The van der Waals surface area contributed by atoms with E-state index in [9.17, 15) is 9.90 Å². The molecule has 0 bridgehead atoms. The van der Waals surface area contributed by atoms with Gasteiger partial charge >= 0.3 is 0 Å². The van der Waals surface area contributed by atoms with Gasteiger partial charge in [0.2, 0.25) is 0 Å². The number of ketones is 1. The van der Waals surface area contributed by atoms with Crippen LogP contribution in [0, 0.1) is 37.2 Å². The Hall–Kier alpha value is -3.01. The number of fused-ring (bicyclic) bond motifs is 3. The van der Waals surface area contributed by atoms with Gasteiger partial charge in [-0.05, 0) is 81.9 Å². The van der Waals surface area contributed by atoms with E-state index >= 15 is 0 Å². The first kappa shape index (κ1) is 36.5. The van der Waals surface area contributed by atoms with Gasteiger partial charge in [0.15, 0.2) is 5.78 Å². The first-order valence-corrected chi connectivity index (χ1v) is 16.4. The smallest absolute Gasteiger partial charge is 0.164 e. The van der Waals surface area contributed by atoms with Crippen molar-refractivity contribution in [3.05, 3.63) is 76.7 Å². The fourth-order valence-corrected chi connectivity index (χ4v) is 6.48. The number of Topliss-reactive ketones (excluding diaryl/α,β-unsaturated/α-hetero) is 1. The minimum atomic E-state index is -0.258. The number of ether oxygens (including phenoxy) is 1. The van der Waals surface area contributed by atoms with E-state index in [1.54, 1.807) is 6.92 Å². The monoisotopic (exact) mass is 785 g/mol. The second-order valence-electron chi connectivity index (χ2n) is 13.1. The van der Waals surface area contributed by atoms with Crippen molar-refractivity contribution in [1.82, 2.24) is 4.98 Å². The van der Waals surface area contributed by atoms with E-state index in [2.05, 4.69) is 84.0 Å². The van der Waals surface area contributed by atoms with E-state index in [1.165, 1.54) is 21.9 Å². The molecule has 1 aromatic heterocycles. The van der Waals surface area contributed by atoms with Gasteiger partial charge in [0.1, 0.15) is 11.5 Å². The number of carbonyl (C=O) groups excluding carboxylic acids is 1. The third kappa shape index (κ3) is 7.21. The normalized spacial score (nSPS) is 12.7. The first-order chi connectivity index (χ1) is 20.9. The molecule has 45 heavy (non-hydrogen) atoms. The number of carbonyl (C=O) groups is 1. The number of aliphatic hydroxyl groups is 1. The van der Waals surface area contributed by atoms with E-state index in [1.807, 2.05) is 27.0 Å². The van der Waals surface area contributed by atoms with Crippen molar-refractivity contribution in [1.29, 1.82) is 0 Å². The van der Waals surface area contributed by atoms with Crippen LogP contribution < -0.4 is 4.74 Å². The van der Waals surface area contributed by atoms with Crippen molar-refractivity contribution in [2.24, 2.45) is 17.3 Å². The van der Waals surface area contributed by atoms with Crippen molar-refractivity contribution >= 4 is 27.3 Å². The summed E-state index contributed by atoms with van der Waals surface area (Å²) >= 11 is 0. The van der Waals surface area contributed by atoms with E-state index in [0.29, 0.717) is 17.3 Å². The molecule has 1 N–H and O–H groups in total. The number of hydrogen-bond donors (Lipinski definition) is 1. The molecule has 0 amide bonds. The molecule has 4 nitrogen and oxygen atoms in total. The quantitative estimate of drug-likeness (QED) is 0.0919. The Bertz CT molecular complexity index is 1710. The van der Waals surface area contributed by atoms with Crippen molar-refractivity contribution in [2.45, 2.75) is 101 Å². The molecule has 5 rings (SSSR count). The molecule has 0 saturated carbocycles. The zero-order valence-electron chi connectivity index (χ0n) is 28.8. The number of allylic oxidation sites excluding steroid dienone is 2. The van der Waals surface area contributed by atoms with Crippen LogP contribution in [0.3, 0.4) is 0 Å². The van der Waals surface area contributed by atoms with E-state index in [0.717, 1.165) is 71.2 Å². The Balaban J connectivity index is 0.000000270. The molecule has 0 unspecified atom stereocenters. The molecule has 5 heteroatoms. The maximum atomic E-state index is 12.2. The molecule has 3 aromatic carbocycles. The summed E-state index contributed by atoms with van der Waals surface area (Å²) in [4.78, 5) is 16.9. The molecular weight excluding hydrogens is 735 g/mol. The van der Waals surface area contributed by atoms with Gasteiger partial charge in [0.05, 0.1) is 5.75 Å². The fourth-order valence-electron chi connectivity index (χ4n) is 6.48. The summed E-state index contributed by atoms with van der Waals surface area (Å²) in [7, 11) is 0. The van der Waals surface area contributed by atoms with Gasteiger partial charge in [-0.15, -0.1) is 17.5 Å². The van der Waals surface area contributed by atoms with Crippen LogP contribution in [-0.4, -0.2) is 15.9 Å². The number of aryl methyl sites for hydroxylation is 2. The molecule has 1 aliphatic heterocycles. The Labute approximate surface area is 284 Å². The molecular formula is C40H50IrNO3-. The Morgan fingerprint density at radius 1 is 1.02 bits per heavy atom. The van der Waals surface area contributed by atoms with Gasteiger partial charge in [-0.25, -0.2) is 0 Å². The zero-order chi connectivity index (χ0) is 32.3. The summed E-state index contributed by atoms with van der Waals surface area (Å²) in [6.07, 6.45) is 6.33. The molecule has 0 spiro atoms. The number of aliphatic hydroxyl groups excluding tert-OH is 1. The summed E-state index contributed by atoms with van der Waals surface area (Å²) in [5, 5.41) is 14.9. The molecule has 0 aliphatic carbocycles. The first-order valence-electron chi connectivity index (χ1n) is 16.4. The SMILES string of the molecule is CCC(CC)C(=O)/C(C)=C(\O)C(C)(CC)CC.Cc1cccc2[c-]c3c(c(C)c12)Oc1cc(CC(C)C)cc2ccnc-3c12.[Ir]. The maximum absolute atomic E-state index is 12.2. The predicted molar refractivity (Wildman–Crippen MR) is 185 cm³/mol. The summed E-state index contributed by atoms with van der Waals surface area (Å²) in [5.41, 5.74) is 5.98. The van der Waals surface area contributed by atoms with Crippen LogP contribution in [0.25, 0.3) is 32.8 Å². The number of hydrogen-bond acceptors (Lipinski definition) is 4. The molecule has 243 valence electrons. The van der Waals surface area contributed by atoms with Crippen LogP contribution in [0.5, 0.6) is 11.5 Å². The molecule has 2 heterocycles. The fraction of sp³-hybridized carbons (Fsp3) is 0.450. The molecule has 4 aromatic rings. The maximum Gasteiger partial charge on any atom is 0.164 e. The zero-order valence-corrected chi connectivity index (χ0v) is 31.2. The third-order valence-electron chi connectivity index (χ3n) is 9.67. The largest absolute Gasteiger partial charge is 0.511 e. The van der Waals surface area contributed by atoms with Crippen molar-refractivity contribution in [3.8, 4) is 22.8 Å². The number of aromatic nitrogens is 1. The molecule has 0 atom stereocenters. The average molecular weight is 785 g/mol. The van der Waals surface area contributed by atoms with E-state index < -0.39 is 0 Å². The average Bonchev–Trinajstić information content (AvgIpc) is 3.01. The van der Waals surface area contributed by atoms with E-state index in [4.69, 9.17) is 9.72 Å². The van der Waals surface area contributed by atoms with Gasteiger partial charge < -0.3 is 9.84 Å². The van der Waals surface area contributed by atoms with Crippen molar-refractivity contribution in [3.63, 3.8) is 0 Å². The number of pyridine rings is 1. The van der Waals surface area contributed by atoms with Crippen LogP contribution >= 0.6 is 0 Å². The van der Waals surface area contributed by atoms with Crippen molar-refractivity contribution < 1.29 is 34.7 Å². The Kier molecular flexibility index (Phi) is 12.2. The van der Waals surface area contributed by atoms with Gasteiger partial charge in [0, 0.05) is 54.3 Å². The summed E-state index contributed by atoms with van der Waals surface area (Å²) < 4.78 is 6.49. The molecule has 1 radical (unpaired) electrons. The Morgan fingerprint density at radius 2 is 1.69 bits per heavy atom. The van der Waals surface area contributed by atoms with Crippen molar-refractivity contribution in [2.75, 3.05) is 0 Å². The molecule has 0 fully saturated rings. The summed E-state index contributed by atoms with van der Waals surface area (Å²) in [6.45, 7) is 20.7. The van der Waals surface area contributed by atoms with Gasteiger partial charge in [-0.1, -0.05) is 88.7 Å². The molecule has 1 aliphatic rings. The van der Waals surface area contributed by atoms with Gasteiger partial charge in [0.25, 0.3) is 0 Å². The minimum Gasteiger partial charge on any atom is -0.511 e. The van der Waals surface area contributed by atoms with Gasteiger partial charge in [-0.3, -0.25) is 9.78 Å². The standard InChI is InChI=1S/C25H22NO.C15H28O2.Ir/c1-14(2)10-17-11-19-8-9-26-24-20-13-18-7-5-6-15(3)22(18)16(4)25(20)27-21(12-17)23(19)24;1-7-12(8-2)13(16)11(5)14(17)15(6,9-3)10-4;/h5-9,11-12,14H,10H2,1-4H3;12,17H,7-10H2,1-6H3;/q-1;;/b;14-11-;. The Morgan fingerprint density at radius 3 is 2.29 bits per heavy atom.